The SMILES string of the molecule is O=[Si]([O-])[O-].O=[Si]([O-])[O-].O=[Si]([O-])[O-].O=[Si]([O-])[O-].[Al+3].[Ca+2].[Fe+3].[Mn+2].[OH-].[OH-].[OH-].[OH-].[Zn+2]. The average Bonchev–Trinajstić information content (AvgIpc) is 1.76. The van der Waals surface area contributed by atoms with Gasteiger partial charge in [0.15, 0.2) is 0 Å². The number of hydrogen-bond donors (Lipinski definition) is 0. The molecule has 2 radical (unpaired) electrons. The molecule has 0 fully saturated rings. The summed E-state index contributed by atoms with van der Waals surface area (Å²) in [7, 11) is -14.5. The second kappa shape index (κ2) is 83.4. The minimum absolute atomic E-state index is 0. The van der Waals surface area contributed by atoms with E-state index < -0.39 is 36.7 Å². The van der Waals surface area contributed by atoms with Gasteiger partial charge in [0, 0.05) is 36.7 Å². The van der Waals surface area contributed by atoms with Crippen LogP contribution in [0.2, 0.25) is 0 Å². The van der Waals surface area contributed by atoms with E-state index in [-0.39, 0.29) is 131 Å². The van der Waals surface area contributed by atoms with Crippen LogP contribution in [-0.4, -0.2) is 114 Å². The molecule has 16 nitrogen and oxygen atoms in total. The summed E-state index contributed by atoms with van der Waals surface area (Å²) in [5, 5.41) is 0. The van der Waals surface area contributed by atoms with Gasteiger partial charge in [0.1, 0.15) is 0 Å². The van der Waals surface area contributed by atoms with E-state index in [2.05, 4.69) is 0 Å². The topological polar surface area (TPSA) is 373 Å². The maximum Gasteiger partial charge on any atom is 3.00 e. The first-order valence-electron chi connectivity index (χ1n) is 2.45. The molecule has 25 heteroatoms. The predicted molar refractivity (Wildman–Crippen MR) is 45.0 cm³/mol. The van der Waals surface area contributed by atoms with E-state index in [1.54, 1.807) is 0 Å². The first kappa shape index (κ1) is 93.8. The van der Waals surface area contributed by atoms with Gasteiger partial charge in [-0.2, -0.15) is 0 Å². The zero-order chi connectivity index (χ0) is 14.3. The fraction of sp³-hybridized carbons (Fsp3) is 0. The molecule has 0 aromatic carbocycles. The van der Waals surface area contributed by atoms with Gasteiger partial charge < -0.3 is 78.1 Å². The predicted octanol–water partition coefficient (Wildman–Crippen LogP) is -13.0. The van der Waals surface area contributed by atoms with Crippen molar-refractivity contribution in [2.75, 3.05) is 0 Å². The molecule has 0 spiro atoms. The van der Waals surface area contributed by atoms with Gasteiger partial charge >= 0.3 is 109 Å². The maximum atomic E-state index is 8.52. The molecule has 0 aliphatic heterocycles. The van der Waals surface area contributed by atoms with E-state index in [9.17, 15) is 0 Å². The van der Waals surface area contributed by atoms with Gasteiger partial charge in [0.05, 0.1) is 0 Å². The molecule has 0 aliphatic rings. The first-order chi connectivity index (χ1) is 6.93. The fourth-order valence-electron chi connectivity index (χ4n) is 0. The zero-order valence-corrected chi connectivity index (χ0v) is 24.0. The third-order valence-corrected chi connectivity index (χ3v) is 0. The van der Waals surface area contributed by atoms with Crippen LogP contribution in [0, 0.1) is 0 Å². The van der Waals surface area contributed by atoms with Crippen LogP contribution in [0.1, 0.15) is 0 Å². The maximum absolute atomic E-state index is 8.52. The summed E-state index contributed by atoms with van der Waals surface area (Å²) in [6.45, 7) is 0. The van der Waals surface area contributed by atoms with Crippen LogP contribution in [0.5, 0.6) is 0 Å². The van der Waals surface area contributed by atoms with Crippen molar-refractivity contribution in [3.8, 4) is 0 Å². The Morgan fingerprint density at radius 2 is 0.480 bits per heavy atom. The average molecular weight is 616 g/mol. The third-order valence-electron chi connectivity index (χ3n) is 0. The largest absolute Gasteiger partial charge is 3.00 e. The van der Waals surface area contributed by atoms with Gasteiger partial charge in [-0.1, -0.05) is 0 Å². The van der Waals surface area contributed by atoms with Crippen molar-refractivity contribution < 1.29 is 132 Å². The van der Waals surface area contributed by atoms with Crippen LogP contribution in [0.4, 0.5) is 0 Å². The summed E-state index contributed by atoms with van der Waals surface area (Å²) >= 11 is 0. The van der Waals surface area contributed by atoms with Crippen molar-refractivity contribution in [1.82, 2.24) is 0 Å². The van der Waals surface area contributed by atoms with Gasteiger partial charge in [-0.05, 0) is 0 Å². The normalized spacial score (nSPS) is 3.84. The van der Waals surface area contributed by atoms with Gasteiger partial charge in [0.25, 0.3) is 0 Å². The minimum atomic E-state index is -3.63. The quantitative estimate of drug-likeness (QED) is 0.228. The number of hydrogen-bond acceptors (Lipinski definition) is 16. The van der Waals surface area contributed by atoms with Gasteiger partial charge in [-0.15, -0.1) is 0 Å². The Hall–Kier alpha value is 1.76. The summed E-state index contributed by atoms with van der Waals surface area (Å²) in [5.41, 5.74) is 0. The van der Waals surface area contributed by atoms with Crippen LogP contribution in [0.25, 0.3) is 0 Å². The van der Waals surface area contributed by atoms with Crippen molar-refractivity contribution in [3.63, 3.8) is 0 Å². The molecular formula is H4AlCaFeMnO16Si4Zn. The van der Waals surface area contributed by atoms with Crippen LogP contribution in [-0.2, 0) is 71.5 Å². The third kappa shape index (κ3) is 4680. The van der Waals surface area contributed by atoms with Gasteiger partial charge in [-0.25, -0.2) is 0 Å². The molecular weight excluding hydrogens is 612 g/mol. The zero-order valence-electron chi connectivity index (χ0n) is 11.4. The second-order valence-electron chi connectivity index (χ2n) is 1.00. The smallest absolute Gasteiger partial charge is 0.870 e. The van der Waals surface area contributed by atoms with Crippen LogP contribution in [0.15, 0.2) is 0 Å². The Kier molecular flexibility index (Phi) is 313. The summed E-state index contributed by atoms with van der Waals surface area (Å²) in [6, 6.07) is 0. The Labute approximate surface area is 221 Å². The molecule has 4 N–H and O–H groups in total. The minimum Gasteiger partial charge on any atom is -0.870 e. The van der Waals surface area contributed by atoms with Crippen molar-refractivity contribution in [2.45, 2.75) is 0 Å². The molecule has 0 saturated heterocycles. The standard InChI is InChI=1S/Al.Ca.Fe.Mn.4O3Si.4H2O.Zn/c;;;;4*1-4(2)3;;;;;/h;;;;;;;;4*1H2;/q+3;+2;+3;+2;4*-2;;;;;+2/p-4. The van der Waals surface area contributed by atoms with Crippen molar-refractivity contribution in [3.05, 3.63) is 0 Å². The number of rotatable bonds is 0. The molecule has 25 heavy (non-hydrogen) atoms. The summed E-state index contributed by atoms with van der Waals surface area (Å²) in [4.78, 5) is 68.1. The van der Waals surface area contributed by atoms with E-state index >= 15 is 0 Å². The van der Waals surface area contributed by atoms with Gasteiger partial charge in [-0.3, -0.25) is 0 Å². The van der Waals surface area contributed by atoms with E-state index in [0.717, 1.165) is 0 Å². The van der Waals surface area contributed by atoms with Crippen molar-refractivity contribution in [2.24, 2.45) is 0 Å². The van der Waals surface area contributed by atoms with Crippen LogP contribution < -0.4 is 38.4 Å². The Morgan fingerprint density at radius 1 is 0.480 bits per heavy atom. The fourth-order valence-corrected chi connectivity index (χ4v) is 0. The van der Waals surface area contributed by atoms with E-state index in [1.165, 1.54) is 0 Å². The Bertz CT molecular complexity index is 184. The Balaban J connectivity index is -0.00000000623. The molecule has 0 saturated carbocycles. The van der Waals surface area contributed by atoms with E-state index in [4.69, 9.17) is 56.2 Å². The Morgan fingerprint density at radius 3 is 0.480 bits per heavy atom. The van der Waals surface area contributed by atoms with E-state index in [0.29, 0.717) is 0 Å². The van der Waals surface area contributed by atoms with E-state index in [1.807, 2.05) is 0 Å². The molecule has 0 aliphatic carbocycles. The summed E-state index contributed by atoms with van der Waals surface area (Å²) in [6.07, 6.45) is 0. The van der Waals surface area contributed by atoms with Crippen LogP contribution >= 0.6 is 0 Å². The van der Waals surface area contributed by atoms with Crippen LogP contribution in [0.3, 0.4) is 0 Å². The van der Waals surface area contributed by atoms with Crippen molar-refractivity contribution >= 4 is 91.8 Å². The molecule has 0 aromatic heterocycles. The molecule has 138 valence electrons. The monoisotopic (exact) mass is 614 g/mol. The summed E-state index contributed by atoms with van der Waals surface area (Å²) < 4.78 is 34.1. The molecule has 0 atom stereocenters. The molecule has 0 rings (SSSR count). The molecule has 0 amide bonds. The molecule has 0 unspecified atom stereocenters. The van der Waals surface area contributed by atoms with Crippen molar-refractivity contribution in [1.29, 1.82) is 0 Å². The van der Waals surface area contributed by atoms with Gasteiger partial charge in [0.2, 0.25) is 0 Å². The summed E-state index contributed by atoms with van der Waals surface area (Å²) in [5.74, 6) is 0. The second-order valence-corrected chi connectivity index (χ2v) is 3.00. The molecule has 0 heterocycles. The first-order valence-corrected chi connectivity index (χ1v) is 7.35. The molecule has 0 bridgehead atoms. The molecule has 0 aromatic rings.